The highest BCUT2D eigenvalue weighted by Crippen LogP contribution is 2.36. The van der Waals surface area contributed by atoms with E-state index in [0.29, 0.717) is 16.9 Å². The van der Waals surface area contributed by atoms with Crippen LogP contribution in [0.15, 0.2) is 96.0 Å². The molecule has 2 aliphatic heterocycles. The van der Waals surface area contributed by atoms with Crippen molar-refractivity contribution in [2.75, 3.05) is 9.80 Å². The molecule has 32 heavy (non-hydrogen) atoms. The molecular weight excluding hydrogens is 406 g/mol. The van der Waals surface area contributed by atoms with Crippen LogP contribution in [0.5, 0.6) is 0 Å². The molecule has 2 aliphatic rings. The van der Waals surface area contributed by atoms with E-state index in [-0.39, 0.29) is 5.84 Å². The van der Waals surface area contributed by atoms with Crippen LogP contribution in [0.3, 0.4) is 0 Å². The zero-order chi connectivity index (χ0) is 22.2. The van der Waals surface area contributed by atoms with Crippen LogP contribution in [0.1, 0.15) is 11.5 Å². The third kappa shape index (κ3) is 3.02. The average molecular weight is 423 g/mol. The smallest absolute Gasteiger partial charge is 0.297 e. The number of urea groups is 1. The minimum Gasteiger partial charge on any atom is -0.297 e. The molecule has 0 bridgehead atoms. The summed E-state index contributed by atoms with van der Waals surface area (Å²) in [7, 11) is 0. The molecule has 0 spiro atoms. The third-order valence-electron chi connectivity index (χ3n) is 5.54. The van der Waals surface area contributed by atoms with Crippen LogP contribution in [-0.2, 0) is 14.4 Å². The van der Waals surface area contributed by atoms with Crippen molar-refractivity contribution in [2.24, 2.45) is 10.9 Å². The third-order valence-corrected chi connectivity index (χ3v) is 5.54. The Morgan fingerprint density at radius 1 is 0.594 bits per heavy atom. The summed E-state index contributed by atoms with van der Waals surface area (Å²) in [4.78, 5) is 59.7. The summed E-state index contributed by atoms with van der Waals surface area (Å²) in [5, 5.41) is 0. The second-order valence-corrected chi connectivity index (χ2v) is 7.45. The van der Waals surface area contributed by atoms with Gasteiger partial charge in [0.1, 0.15) is 11.8 Å². The minimum atomic E-state index is -1.38. The predicted octanol–water partition coefficient (Wildman–Crippen LogP) is 3.57. The summed E-state index contributed by atoms with van der Waals surface area (Å²) in [6.45, 7) is 0. The van der Waals surface area contributed by atoms with Gasteiger partial charge in [0.05, 0.1) is 11.4 Å². The maximum absolute atomic E-state index is 13.6. The first-order valence-electron chi connectivity index (χ1n) is 10.1. The molecule has 4 amide bonds. The van der Waals surface area contributed by atoms with Gasteiger partial charge in [-0.1, -0.05) is 66.7 Å². The number of hydrogen-bond acceptors (Lipinski definition) is 4. The van der Waals surface area contributed by atoms with E-state index in [1.807, 2.05) is 0 Å². The summed E-state index contributed by atoms with van der Waals surface area (Å²) in [6, 6.07) is 24.8. The Labute approximate surface area is 183 Å². The minimum absolute atomic E-state index is 0.152. The van der Waals surface area contributed by atoms with Crippen LogP contribution in [-0.4, -0.2) is 29.5 Å². The van der Waals surface area contributed by atoms with E-state index in [9.17, 15) is 19.2 Å². The van der Waals surface area contributed by atoms with E-state index in [2.05, 4.69) is 4.99 Å². The Bertz CT molecular complexity index is 1260. The molecule has 0 radical (unpaired) electrons. The number of ketones is 1. The van der Waals surface area contributed by atoms with Gasteiger partial charge >= 0.3 is 6.03 Å². The normalized spacial score (nSPS) is 20.8. The number of carbonyl (C=O) groups is 4. The van der Waals surface area contributed by atoms with Crippen molar-refractivity contribution in [1.82, 2.24) is 0 Å². The van der Waals surface area contributed by atoms with Crippen molar-refractivity contribution in [2.45, 2.75) is 5.92 Å². The van der Waals surface area contributed by atoms with Crippen LogP contribution < -0.4 is 9.80 Å². The molecule has 1 fully saturated rings. The lowest BCUT2D eigenvalue weighted by atomic mass is 9.81. The first-order chi connectivity index (χ1) is 15.6. The lowest BCUT2D eigenvalue weighted by molar-refractivity contribution is -0.134. The predicted molar refractivity (Wildman–Crippen MR) is 118 cm³/mol. The van der Waals surface area contributed by atoms with Crippen LogP contribution in [0.4, 0.5) is 16.2 Å². The zero-order valence-corrected chi connectivity index (χ0v) is 16.8. The number of amidine groups is 1. The van der Waals surface area contributed by atoms with Gasteiger partial charge in [0.25, 0.3) is 11.8 Å². The standard InChI is InChI=1S/C25H17N3O4/c29-21-19(16-10-4-1-5-11-16)23(30)26-22-20(21)24(31)28(18-14-8-3-9-15-18)25(32)27(22)17-12-6-2-7-13-17/h1-15,19-20H. The molecule has 0 saturated carbocycles. The maximum Gasteiger partial charge on any atom is 0.341 e. The van der Waals surface area contributed by atoms with Crippen LogP contribution >= 0.6 is 0 Å². The van der Waals surface area contributed by atoms with Gasteiger partial charge in [0.2, 0.25) is 0 Å². The second kappa shape index (κ2) is 7.70. The summed E-state index contributed by atoms with van der Waals surface area (Å²) in [5.41, 5.74) is 1.21. The second-order valence-electron chi connectivity index (χ2n) is 7.45. The van der Waals surface area contributed by atoms with Gasteiger partial charge in [-0.15, -0.1) is 0 Å². The highest BCUT2D eigenvalue weighted by atomic mass is 16.2. The van der Waals surface area contributed by atoms with E-state index in [1.165, 1.54) is 4.90 Å². The lowest BCUT2D eigenvalue weighted by Gasteiger charge is -2.40. The topological polar surface area (TPSA) is 87.1 Å². The van der Waals surface area contributed by atoms with Gasteiger partial charge in [0, 0.05) is 0 Å². The maximum atomic E-state index is 13.6. The number of Topliss-reactive ketones (excluding diaryl/α,β-unsaturated/α-hetero) is 1. The van der Waals surface area contributed by atoms with Crippen molar-refractivity contribution in [3.63, 3.8) is 0 Å². The Kier molecular flexibility index (Phi) is 4.71. The number of anilines is 2. The van der Waals surface area contributed by atoms with E-state index < -0.39 is 35.5 Å². The van der Waals surface area contributed by atoms with Crippen molar-refractivity contribution in [3.8, 4) is 0 Å². The first-order valence-corrected chi connectivity index (χ1v) is 10.1. The van der Waals surface area contributed by atoms with Gasteiger partial charge in [-0.25, -0.2) is 14.6 Å². The quantitative estimate of drug-likeness (QED) is 0.603. The Balaban J connectivity index is 1.69. The van der Waals surface area contributed by atoms with Crippen LogP contribution in [0.25, 0.3) is 0 Å². The molecule has 7 heteroatoms. The van der Waals surface area contributed by atoms with E-state index in [1.54, 1.807) is 91.0 Å². The molecule has 3 aromatic rings. The number of nitrogens with zero attached hydrogens (tertiary/aromatic N) is 3. The molecule has 2 atom stereocenters. The zero-order valence-electron chi connectivity index (χ0n) is 16.8. The van der Waals surface area contributed by atoms with Crippen LogP contribution in [0, 0.1) is 5.92 Å². The van der Waals surface area contributed by atoms with E-state index >= 15 is 0 Å². The van der Waals surface area contributed by atoms with Gasteiger partial charge < -0.3 is 0 Å². The Hall–Kier alpha value is -4.39. The number of carbonyl (C=O) groups excluding carboxylic acids is 4. The number of benzene rings is 3. The van der Waals surface area contributed by atoms with Gasteiger partial charge in [-0.05, 0) is 29.8 Å². The van der Waals surface area contributed by atoms with E-state index in [0.717, 1.165) is 4.90 Å². The fourth-order valence-electron chi connectivity index (χ4n) is 4.08. The summed E-state index contributed by atoms with van der Waals surface area (Å²) in [5.74, 6) is -4.73. The molecular formula is C25H17N3O4. The molecule has 156 valence electrons. The fraction of sp³-hybridized carbons (Fsp3) is 0.0800. The summed E-state index contributed by atoms with van der Waals surface area (Å²) >= 11 is 0. The van der Waals surface area contributed by atoms with Crippen molar-refractivity contribution >= 4 is 40.8 Å². The highest BCUT2D eigenvalue weighted by molar-refractivity contribution is 6.46. The Morgan fingerprint density at radius 3 is 1.66 bits per heavy atom. The molecule has 7 nitrogen and oxygen atoms in total. The number of fused-ring (bicyclic) bond motifs is 1. The van der Waals surface area contributed by atoms with Crippen LogP contribution in [0.2, 0.25) is 0 Å². The SMILES string of the molecule is O=C1N=C2C(C(=O)C1c1ccccc1)C(=O)N(c1ccccc1)C(=O)N2c1ccccc1. The monoisotopic (exact) mass is 423 g/mol. The molecule has 0 N–H and O–H groups in total. The van der Waals surface area contributed by atoms with Gasteiger partial charge in [0.15, 0.2) is 11.7 Å². The van der Waals surface area contributed by atoms with Crippen molar-refractivity contribution < 1.29 is 19.2 Å². The lowest BCUT2D eigenvalue weighted by Crippen LogP contribution is -2.64. The molecule has 3 aromatic carbocycles. The fourth-order valence-corrected chi connectivity index (χ4v) is 4.08. The number of imide groups is 1. The number of rotatable bonds is 3. The van der Waals surface area contributed by atoms with Crippen molar-refractivity contribution in [3.05, 3.63) is 96.6 Å². The highest BCUT2D eigenvalue weighted by Gasteiger charge is 2.54. The first kappa shape index (κ1) is 19.6. The number of hydrogen-bond donors (Lipinski definition) is 0. The average Bonchev–Trinajstić information content (AvgIpc) is 2.81. The summed E-state index contributed by atoms with van der Waals surface area (Å²) in [6.07, 6.45) is 0. The van der Waals surface area contributed by atoms with Crippen molar-refractivity contribution in [1.29, 1.82) is 0 Å². The number of amides is 4. The number of aliphatic imine (C=N–C) groups is 1. The van der Waals surface area contributed by atoms with Gasteiger partial charge in [-0.3, -0.25) is 14.4 Å². The number of para-hydroxylation sites is 2. The largest absolute Gasteiger partial charge is 0.341 e. The molecule has 0 aliphatic carbocycles. The molecule has 1 saturated heterocycles. The molecule has 2 heterocycles. The molecule has 5 rings (SSSR count). The van der Waals surface area contributed by atoms with E-state index in [4.69, 9.17) is 0 Å². The molecule has 0 aromatic heterocycles. The Morgan fingerprint density at radius 2 is 1.09 bits per heavy atom. The summed E-state index contributed by atoms with van der Waals surface area (Å²) < 4.78 is 0. The van der Waals surface area contributed by atoms with Gasteiger partial charge in [-0.2, -0.15) is 4.99 Å². The molecule has 2 unspecified atom stereocenters.